The fraction of sp³-hybridized carbons (Fsp3) is 0.652. The van der Waals surface area contributed by atoms with Crippen LogP contribution in [0.2, 0.25) is 0 Å². The molecule has 0 bridgehead atoms. The van der Waals surface area contributed by atoms with Crippen molar-refractivity contribution in [1.29, 1.82) is 0 Å². The summed E-state index contributed by atoms with van der Waals surface area (Å²) in [5, 5.41) is 6.49. The van der Waals surface area contributed by atoms with Gasteiger partial charge in [0.1, 0.15) is 11.6 Å². The molecule has 0 unspecified atom stereocenters. The molecule has 1 amide bonds. The van der Waals surface area contributed by atoms with Gasteiger partial charge in [0.05, 0.1) is 12.0 Å². The minimum Gasteiger partial charge on any atom is -0.458 e. The molecule has 0 spiro atoms. The Morgan fingerprint density at radius 2 is 1.90 bits per heavy atom. The third-order valence-electron chi connectivity index (χ3n) is 5.77. The summed E-state index contributed by atoms with van der Waals surface area (Å²) in [6, 6.07) is 9.68. The minimum absolute atomic E-state index is 0.179. The molecule has 1 heterocycles. The van der Waals surface area contributed by atoms with Gasteiger partial charge in [-0.3, -0.25) is 4.79 Å². The molecule has 1 saturated carbocycles. The topological polar surface area (TPSA) is 76.7 Å². The van der Waals surface area contributed by atoms with Crippen molar-refractivity contribution in [3.05, 3.63) is 35.9 Å². The van der Waals surface area contributed by atoms with Crippen LogP contribution in [0.4, 0.5) is 0 Å². The van der Waals surface area contributed by atoms with Crippen LogP contribution in [-0.4, -0.2) is 48.8 Å². The second kappa shape index (κ2) is 8.84. The second-order valence-electron chi connectivity index (χ2n) is 9.38. The molecule has 1 aliphatic carbocycles. The number of rotatable bonds is 8. The summed E-state index contributed by atoms with van der Waals surface area (Å²) in [5.41, 5.74) is 0.351. The first-order chi connectivity index (χ1) is 13.7. The fourth-order valence-corrected chi connectivity index (χ4v) is 4.20. The maximum atomic E-state index is 13.0. The molecular formula is C23H34N2O4. The lowest BCUT2D eigenvalue weighted by molar-refractivity contribution is -0.159. The highest BCUT2D eigenvalue weighted by molar-refractivity contribution is 5.86. The number of fused-ring (bicyclic) bond motifs is 1. The van der Waals surface area contributed by atoms with E-state index in [4.69, 9.17) is 9.47 Å². The number of amides is 1. The van der Waals surface area contributed by atoms with E-state index >= 15 is 0 Å². The molecule has 6 nitrogen and oxygen atoms in total. The molecule has 0 radical (unpaired) electrons. The second-order valence-corrected chi connectivity index (χ2v) is 9.38. The molecule has 160 valence electrons. The molecular weight excluding hydrogens is 368 g/mol. The van der Waals surface area contributed by atoms with Gasteiger partial charge in [-0.25, -0.2) is 4.79 Å². The van der Waals surface area contributed by atoms with E-state index < -0.39 is 17.6 Å². The van der Waals surface area contributed by atoms with E-state index in [1.165, 1.54) is 6.42 Å². The van der Waals surface area contributed by atoms with Gasteiger partial charge >= 0.3 is 5.97 Å². The summed E-state index contributed by atoms with van der Waals surface area (Å²) < 4.78 is 11.2. The van der Waals surface area contributed by atoms with Gasteiger partial charge in [0.25, 0.3) is 0 Å². The number of carbonyl (C=O) groups excluding carboxylic acids is 2. The van der Waals surface area contributed by atoms with Crippen molar-refractivity contribution in [2.24, 2.45) is 11.8 Å². The Morgan fingerprint density at radius 1 is 1.21 bits per heavy atom. The first-order valence-corrected chi connectivity index (χ1v) is 10.5. The van der Waals surface area contributed by atoms with Crippen LogP contribution in [-0.2, 0) is 25.5 Å². The summed E-state index contributed by atoms with van der Waals surface area (Å²) in [5.74, 6) is -0.265. The average molecular weight is 403 g/mol. The highest BCUT2D eigenvalue weighted by atomic mass is 16.6. The Kier molecular flexibility index (Phi) is 6.64. The van der Waals surface area contributed by atoms with Crippen molar-refractivity contribution in [3.8, 4) is 0 Å². The molecule has 2 fully saturated rings. The monoisotopic (exact) mass is 402 g/mol. The van der Waals surface area contributed by atoms with Gasteiger partial charge in [-0.15, -0.1) is 0 Å². The molecule has 2 N–H and O–H groups in total. The molecule has 1 aromatic rings. The van der Waals surface area contributed by atoms with E-state index in [1.807, 2.05) is 58.0 Å². The third-order valence-corrected chi connectivity index (χ3v) is 5.77. The first kappa shape index (κ1) is 21.8. The van der Waals surface area contributed by atoms with E-state index in [0.717, 1.165) is 17.9 Å². The zero-order valence-corrected chi connectivity index (χ0v) is 18.1. The normalized spacial score (nSPS) is 26.2. The molecule has 1 saturated heterocycles. The molecule has 1 aliphatic heterocycles. The predicted octanol–water partition coefficient (Wildman–Crippen LogP) is 2.46. The number of nitrogens with one attached hydrogen (secondary N) is 2. The van der Waals surface area contributed by atoms with Crippen LogP contribution >= 0.6 is 0 Å². The molecule has 2 aliphatic rings. The van der Waals surface area contributed by atoms with Crippen LogP contribution in [0.3, 0.4) is 0 Å². The largest absolute Gasteiger partial charge is 0.458 e. The first-order valence-electron chi connectivity index (χ1n) is 10.5. The van der Waals surface area contributed by atoms with Crippen LogP contribution < -0.4 is 10.6 Å². The van der Waals surface area contributed by atoms with E-state index in [0.29, 0.717) is 12.5 Å². The number of hydrogen-bond acceptors (Lipinski definition) is 5. The summed E-state index contributed by atoms with van der Waals surface area (Å²) in [6.45, 7) is 7.34. The third kappa shape index (κ3) is 5.80. The van der Waals surface area contributed by atoms with Gasteiger partial charge in [0, 0.05) is 25.6 Å². The number of carbonyl (C=O) groups is 2. The van der Waals surface area contributed by atoms with E-state index in [2.05, 4.69) is 10.6 Å². The summed E-state index contributed by atoms with van der Waals surface area (Å²) in [6.07, 6.45) is 2.43. The molecule has 29 heavy (non-hydrogen) atoms. The van der Waals surface area contributed by atoms with Crippen molar-refractivity contribution in [3.63, 3.8) is 0 Å². The number of esters is 1. The van der Waals surface area contributed by atoms with Gasteiger partial charge in [0.15, 0.2) is 0 Å². The van der Waals surface area contributed by atoms with Crippen LogP contribution in [0.15, 0.2) is 30.3 Å². The molecule has 1 aromatic carbocycles. The average Bonchev–Trinajstić information content (AvgIpc) is 3.26. The van der Waals surface area contributed by atoms with E-state index in [9.17, 15) is 9.59 Å². The lowest BCUT2D eigenvalue weighted by atomic mass is 9.94. The number of ether oxygens (including phenoxy) is 2. The molecule has 3 rings (SSSR count). The van der Waals surface area contributed by atoms with E-state index in [1.54, 1.807) is 7.11 Å². The maximum Gasteiger partial charge on any atom is 0.329 e. The zero-order valence-electron chi connectivity index (χ0n) is 18.1. The van der Waals surface area contributed by atoms with Gasteiger partial charge in [0.2, 0.25) is 5.91 Å². The number of hydrogen-bond donors (Lipinski definition) is 2. The zero-order chi connectivity index (χ0) is 21.2. The minimum atomic E-state index is -0.742. The van der Waals surface area contributed by atoms with Gasteiger partial charge < -0.3 is 20.1 Å². The van der Waals surface area contributed by atoms with Crippen molar-refractivity contribution in [2.75, 3.05) is 7.11 Å². The Hall–Kier alpha value is -1.92. The van der Waals surface area contributed by atoms with Crippen molar-refractivity contribution in [1.82, 2.24) is 10.6 Å². The Bertz CT molecular complexity index is 705. The summed E-state index contributed by atoms with van der Waals surface area (Å²) in [7, 11) is 1.65. The number of methoxy groups -OCH3 is 1. The van der Waals surface area contributed by atoms with Gasteiger partial charge in [-0.2, -0.15) is 0 Å². The van der Waals surface area contributed by atoms with Crippen molar-refractivity contribution in [2.45, 2.75) is 76.8 Å². The van der Waals surface area contributed by atoms with Crippen LogP contribution in [0.25, 0.3) is 0 Å². The Labute approximate surface area is 173 Å². The van der Waals surface area contributed by atoms with Gasteiger partial charge in [-0.05, 0) is 45.1 Å². The molecule has 6 atom stereocenters. The van der Waals surface area contributed by atoms with E-state index in [-0.39, 0.29) is 24.0 Å². The Balaban J connectivity index is 1.67. The molecule has 0 aromatic heterocycles. The predicted molar refractivity (Wildman–Crippen MR) is 111 cm³/mol. The highest BCUT2D eigenvalue weighted by Gasteiger charge is 2.49. The molecule has 6 heteroatoms. The van der Waals surface area contributed by atoms with Crippen LogP contribution in [0, 0.1) is 11.8 Å². The Morgan fingerprint density at radius 3 is 2.45 bits per heavy atom. The maximum absolute atomic E-state index is 13.0. The van der Waals surface area contributed by atoms with Crippen molar-refractivity contribution < 1.29 is 19.1 Å². The quantitative estimate of drug-likeness (QED) is 0.653. The van der Waals surface area contributed by atoms with Crippen molar-refractivity contribution >= 4 is 11.9 Å². The SMILES string of the molecule is CO[C@@H]([C@@H]1C[C@@H]2C[C@@H]2N1)[C@@H](C)C(=O)N[C@@H](Cc1ccccc1)C(=O)OC(C)(C)C. The standard InChI is InChI=1S/C23H34N2O4/c1-14(20(28-5)18-13-16-12-17(16)24-18)21(26)25-19(22(27)29-23(2,3)4)11-15-9-7-6-8-10-15/h6-10,14,16-20,24H,11-13H2,1-5H3,(H,25,26)/t14-,16+,17+,18+,19+,20-/m1/s1. The highest BCUT2D eigenvalue weighted by Crippen LogP contribution is 2.42. The summed E-state index contributed by atoms with van der Waals surface area (Å²) in [4.78, 5) is 25.8. The van der Waals surface area contributed by atoms with Crippen LogP contribution in [0.1, 0.15) is 46.1 Å². The number of piperidine rings is 1. The summed E-state index contributed by atoms with van der Waals surface area (Å²) >= 11 is 0. The van der Waals surface area contributed by atoms with Crippen LogP contribution in [0.5, 0.6) is 0 Å². The lowest BCUT2D eigenvalue weighted by Crippen LogP contribution is -2.52. The smallest absolute Gasteiger partial charge is 0.329 e. The lowest BCUT2D eigenvalue weighted by Gasteiger charge is -2.30. The number of benzene rings is 1. The fourth-order valence-electron chi connectivity index (χ4n) is 4.20. The van der Waals surface area contributed by atoms with Gasteiger partial charge in [-0.1, -0.05) is 37.3 Å².